The highest BCUT2D eigenvalue weighted by atomic mass is 14.7. The first-order chi connectivity index (χ1) is 14.9. The van der Waals surface area contributed by atoms with Crippen molar-refractivity contribution in [3.8, 4) is 22.5 Å². The van der Waals surface area contributed by atoms with E-state index in [1.165, 1.54) is 10.8 Å². The molecule has 0 atom stereocenters. The number of hydrogen-bond acceptors (Lipinski definition) is 2. The molecule has 0 aliphatic heterocycles. The Bertz CT molecular complexity index is 1430. The second-order valence-corrected chi connectivity index (χ2v) is 7.48. The maximum Gasteiger partial charge on any atom is 0.0715 e. The van der Waals surface area contributed by atoms with Crippen LogP contribution in [0.15, 0.2) is 109 Å². The SMILES string of the molecule is c1ccc2nc(-c3cccc4c(-c5ccc6ccccc6n5)cccc34)ccc2c1. The van der Waals surface area contributed by atoms with Crippen LogP contribution in [0.25, 0.3) is 55.1 Å². The summed E-state index contributed by atoms with van der Waals surface area (Å²) in [7, 11) is 0. The Morgan fingerprint density at radius 1 is 0.367 bits per heavy atom. The number of aromatic nitrogens is 2. The summed E-state index contributed by atoms with van der Waals surface area (Å²) >= 11 is 0. The molecule has 0 aliphatic carbocycles. The molecule has 0 spiro atoms. The smallest absolute Gasteiger partial charge is 0.0715 e. The van der Waals surface area contributed by atoms with E-state index in [0.717, 1.165) is 44.3 Å². The molecule has 0 radical (unpaired) electrons. The molecule has 6 rings (SSSR count). The quantitative estimate of drug-likeness (QED) is 0.315. The van der Waals surface area contributed by atoms with Gasteiger partial charge in [0.25, 0.3) is 0 Å². The van der Waals surface area contributed by atoms with Gasteiger partial charge >= 0.3 is 0 Å². The Hall–Kier alpha value is -4.04. The molecule has 2 heteroatoms. The van der Waals surface area contributed by atoms with Crippen molar-refractivity contribution < 1.29 is 0 Å². The van der Waals surface area contributed by atoms with Gasteiger partial charge in [0.05, 0.1) is 22.4 Å². The van der Waals surface area contributed by atoms with Gasteiger partial charge in [-0.15, -0.1) is 0 Å². The van der Waals surface area contributed by atoms with Gasteiger partial charge in [-0.2, -0.15) is 0 Å². The predicted octanol–water partition coefficient (Wildman–Crippen LogP) is 7.27. The van der Waals surface area contributed by atoms with Gasteiger partial charge < -0.3 is 0 Å². The van der Waals surface area contributed by atoms with E-state index < -0.39 is 0 Å². The molecule has 4 aromatic carbocycles. The average Bonchev–Trinajstić information content (AvgIpc) is 2.82. The summed E-state index contributed by atoms with van der Waals surface area (Å²) in [6.45, 7) is 0. The molecule has 2 heterocycles. The number of nitrogens with zero attached hydrogens (tertiary/aromatic N) is 2. The molecule has 0 fully saturated rings. The van der Waals surface area contributed by atoms with Gasteiger partial charge in [0, 0.05) is 21.9 Å². The van der Waals surface area contributed by atoms with E-state index in [1.807, 2.05) is 24.3 Å². The molecule has 0 aliphatic rings. The molecule has 0 saturated heterocycles. The van der Waals surface area contributed by atoms with Crippen molar-refractivity contribution in [2.45, 2.75) is 0 Å². The topological polar surface area (TPSA) is 25.8 Å². The summed E-state index contributed by atoms with van der Waals surface area (Å²) < 4.78 is 0. The third kappa shape index (κ3) is 2.73. The maximum absolute atomic E-state index is 4.92. The van der Waals surface area contributed by atoms with Crippen LogP contribution in [0.5, 0.6) is 0 Å². The number of para-hydroxylation sites is 2. The van der Waals surface area contributed by atoms with E-state index in [2.05, 4.69) is 84.9 Å². The molecule has 2 nitrogen and oxygen atoms in total. The van der Waals surface area contributed by atoms with Crippen LogP contribution in [-0.2, 0) is 0 Å². The van der Waals surface area contributed by atoms with E-state index in [0.29, 0.717) is 0 Å². The van der Waals surface area contributed by atoms with Crippen LogP contribution in [0.2, 0.25) is 0 Å². The van der Waals surface area contributed by atoms with Crippen molar-refractivity contribution in [1.29, 1.82) is 0 Å². The van der Waals surface area contributed by atoms with Crippen molar-refractivity contribution in [2.75, 3.05) is 0 Å². The highest BCUT2D eigenvalue weighted by Gasteiger charge is 2.11. The van der Waals surface area contributed by atoms with Crippen LogP contribution in [0.4, 0.5) is 0 Å². The van der Waals surface area contributed by atoms with Crippen LogP contribution >= 0.6 is 0 Å². The molecule has 140 valence electrons. The first-order valence-corrected chi connectivity index (χ1v) is 10.1. The number of fused-ring (bicyclic) bond motifs is 3. The molecular formula is C28H18N2. The van der Waals surface area contributed by atoms with Crippen LogP contribution in [0.3, 0.4) is 0 Å². The Labute approximate surface area is 174 Å². The van der Waals surface area contributed by atoms with Crippen molar-refractivity contribution in [3.63, 3.8) is 0 Å². The highest BCUT2D eigenvalue weighted by molar-refractivity contribution is 6.04. The van der Waals surface area contributed by atoms with E-state index in [9.17, 15) is 0 Å². The summed E-state index contributed by atoms with van der Waals surface area (Å²) in [6.07, 6.45) is 0. The minimum Gasteiger partial charge on any atom is -0.248 e. The molecular weight excluding hydrogens is 364 g/mol. The fourth-order valence-electron chi connectivity index (χ4n) is 4.19. The molecule has 2 aromatic heterocycles. The molecule has 0 unspecified atom stereocenters. The van der Waals surface area contributed by atoms with E-state index >= 15 is 0 Å². The monoisotopic (exact) mass is 382 g/mol. The van der Waals surface area contributed by atoms with Crippen molar-refractivity contribution >= 4 is 32.6 Å². The number of benzene rings is 4. The summed E-state index contributed by atoms with van der Waals surface area (Å²) in [5, 5.41) is 4.69. The van der Waals surface area contributed by atoms with Gasteiger partial charge in [-0.3, -0.25) is 0 Å². The van der Waals surface area contributed by atoms with Crippen LogP contribution in [0.1, 0.15) is 0 Å². The third-order valence-electron chi connectivity index (χ3n) is 5.67. The molecule has 0 N–H and O–H groups in total. The minimum atomic E-state index is 0.989. The average molecular weight is 382 g/mol. The lowest BCUT2D eigenvalue weighted by Gasteiger charge is -2.11. The fourth-order valence-corrected chi connectivity index (χ4v) is 4.19. The largest absolute Gasteiger partial charge is 0.248 e. The lowest BCUT2D eigenvalue weighted by atomic mass is 9.96. The van der Waals surface area contributed by atoms with Crippen molar-refractivity contribution in [1.82, 2.24) is 9.97 Å². The first-order valence-electron chi connectivity index (χ1n) is 10.1. The molecule has 0 saturated carbocycles. The third-order valence-corrected chi connectivity index (χ3v) is 5.67. The van der Waals surface area contributed by atoms with Gasteiger partial charge in [0.2, 0.25) is 0 Å². The zero-order valence-electron chi connectivity index (χ0n) is 16.3. The highest BCUT2D eigenvalue weighted by Crippen LogP contribution is 2.34. The van der Waals surface area contributed by atoms with Crippen molar-refractivity contribution in [3.05, 3.63) is 109 Å². The minimum absolute atomic E-state index is 0.989. The van der Waals surface area contributed by atoms with E-state index in [-0.39, 0.29) is 0 Å². The number of rotatable bonds is 2. The second-order valence-electron chi connectivity index (χ2n) is 7.48. The maximum atomic E-state index is 4.92. The second kappa shape index (κ2) is 6.78. The predicted molar refractivity (Wildman–Crippen MR) is 125 cm³/mol. The Kier molecular flexibility index (Phi) is 3.82. The number of pyridine rings is 2. The summed E-state index contributed by atoms with van der Waals surface area (Å²) in [5.41, 5.74) is 6.28. The summed E-state index contributed by atoms with van der Waals surface area (Å²) in [5.74, 6) is 0. The normalized spacial score (nSPS) is 11.3. The van der Waals surface area contributed by atoms with Crippen molar-refractivity contribution in [2.24, 2.45) is 0 Å². The lowest BCUT2D eigenvalue weighted by Crippen LogP contribution is -1.90. The Morgan fingerprint density at radius 2 is 0.833 bits per heavy atom. The van der Waals surface area contributed by atoms with Gasteiger partial charge in [0.1, 0.15) is 0 Å². The van der Waals surface area contributed by atoms with E-state index in [4.69, 9.17) is 9.97 Å². The standard InChI is InChI=1S/C28H18N2/c1-3-13-25-19(7-1)15-17-27(29-25)23-11-5-10-22-21(23)9-6-12-24(22)28-18-16-20-8-2-4-14-26(20)30-28/h1-18H. The molecule has 6 aromatic rings. The van der Waals surface area contributed by atoms with Crippen LogP contribution < -0.4 is 0 Å². The molecule has 0 amide bonds. The Morgan fingerprint density at radius 3 is 1.33 bits per heavy atom. The van der Waals surface area contributed by atoms with Gasteiger partial charge in [-0.05, 0) is 35.0 Å². The van der Waals surface area contributed by atoms with Crippen LogP contribution in [0, 0.1) is 0 Å². The zero-order valence-corrected chi connectivity index (χ0v) is 16.3. The van der Waals surface area contributed by atoms with Gasteiger partial charge in [-0.1, -0.05) is 84.9 Å². The van der Waals surface area contributed by atoms with Gasteiger partial charge in [-0.25, -0.2) is 9.97 Å². The zero-order chi connectivity index (χ0) is 19.9. The summed E-state index contributed by atoms with van der Waals surface area (Å²) in [6, 6.07) is 37.9. The molecule has 0 bridgehead atoms. The lowest BCUT2D eigenvalue weighted by molar-refractivity contribution is 1.40. The number of hydrogen-bond donors (Lipinski definition) is 0. The fraction of sp³-hybridized carbons (Fsp3) is 0. The van der Waals surface area contributed by atoms with Gasteiger partial charge in [0.15, 0.2) is 0 Å². The van der Waals surface area contributed by atoms with Crippen LogP contribution in [-0.4, -0.2) is 9.97 Å². The Balaban J connectivity index is 1.57. The first kappa shape index (κ1) is 16.9. The van der Waals surface area contributed by atoms with E-state index in [1.54, 1.807) is 0 Å². The summed E-state index contributed by atoms with van der Waals surface area (Å²) in [4.78, 5) is 9.85. The molecule has 30 heavy (non-hydrogen) atoms.